The van der Waals surface area contributed by atoms with E-state index in [9.17, 15) is 14.0 Å². The number of Topliss-reactive ketones (excluding diaryl/α,β-unsaturated/α-hetero) is 1. The second-order valence-electron chi connectivity index (χ2n) is 7.78. The minimum absolute atomic E-state index is 0.0164. The van der Waals surface area contributed by atoms with Crippen molar-refractivity contribution in [3.05, 3.63) is 76.4 Å². The smallest absolute Gasteiger partial charge is 0.254 e. The minimum atomic E-state index is -0.670. The van der Waals surface area contributed by atoms with Gasteiger partial charge >= 0.3 is 0 Å². The van der Waals surface area contributed by atoms with E-state index in [1.54, 1.807) is 31.2 Å². The first-order valence-electron chi connectivity index (χ1n) is 10.5. The van der Waals surface area contributed by atoms with Crippen molar-refractivity contribution in [2.75, 3.05) is 19.5 Å². The number of hydrogen-bond acceptors (Lipinski definition) is 5. The average Bonchev–Trinajstić information content (AvgIpc) is 2.79. The number of ether oxygens (including phenoxy) is 2. The second-order valence-corrected chi connectivity index (χ2v) is 7.78. The fourth-order valence-corrected chi connectivity index (χ4v) is 4.49. The first-order chi connectivity index (χ1) is 15.5. The predicted molar refractivity (Wildman–Crippen MR) is 119 cm³/mol. The number of benzene rings is 2. The van der Waals surface area contributed by atoms with Gasteiger partial charge in [-0.2, -0.15) is 0 Å². The highest BCUT2D eigenvalue weighted by Crippen LogP contribution is 2.47. The van der Waals surface area contributed by atoms with Crippen molar-refractivity contribution >= 4 is 17.4 Å². The SMILES string of the molecule is COc1cccc(C2C(C(=O)Nc3ccccc3F)=C(C)NC3=C2C(=O)CCC3)c1OC. The third-order valence-corrected chi connectivity index (χ3v) is 5.89. The van der Waals surface area contributed by atoms with E-state index in [0.717, 1.165) is 12.1 Å². The molecular formula is C25H25FN2O4. The van der Waals surface area contributed by atoms with Crippen LogP contribution in [-0.2, 0) is 9.59 Å². The molecule has 0 bridgehead atoms. The fourth-order valence-electron chi connectivity index (χ4n) is 4.49. The van der Waals surface area contributed by atoms with Gasteiger partial charge in [0.05, 0.1) is 25.8 Å². The van der Waals surface area contributed by atoms with E-state index in [1.165, 1.54) is 26.4 Å². The summed E-state index contributed by atoms with van der Waals surface area (Å²) in [5, 5.41) is 5.93. The number of nitrogens with one attached hydrogen (secondary N) is 2. The summed E-state index contributed by atoms with van der Waals surface area (Å²) in [7, 11) is 3.06. The molecule has 4 rings (SSSR count). The molecule has 1 unspecified atom stereocenters. The Morgan fingerprint density at radius 1 is 1.09 bits per heavy atom. The van der Waals surface area contributed by atoms with E-state index in [2.05, 4.69) is 10.6 Å². The van der Waals surface area contributed by atoms with Crippen LogP contribution in [0.1, 0.15) is 37.7 Å². The molecule has 7 heteroatoms. The quantitative estimate of drug-likeness (QED) is 0.724. The molecule has 0 saturated carbocycles. The highest BCUT2D eigenvalue weighted by molar-refractivity contribution is 6.10. The van der Waals surface area contributed by atoms with Gasteiger partial charge in [0.25, 0.3) is 5.91 Å². The number of anilines is 1. The van der Waals surface area contributed by atoms with Crippen LogP contribution in [0.5, 0.6) is 11.5 Å². The normalized spacial score (nSPS) is 18.1. The Hall–Kier alpha value is -3.61. The molecular weight excluding hydrogens is 411 g/mol. The van der Waals surface area contributed by atoms with Gasteiger partial charge in [0, 0.05) is 34.5 Å². The Labute approximate surface area is 186 Å². The number of ketones is 1. The zero-order chi connectivity index (χ0) is 22.8. The van der Waals surface area contributed by atoms with Gasteiger partial charge in [-0.1, -0.05) is 24.3 Å². The average molecular weight is 436 g/mol. The Kier molecular flexibility index (Phi) is 5.99. The lowest BCUT2D eigenvalue weighted by Crippen LogP contribution is -2.35. The number of para-hydroxylation sites is 2. The number of rotatable bonds is 5. The zero-order valence-electron chi connectivity index (χ0n) is 18.3. The Bertz CT molecular complexity index is 1150. The maximum atomic E-state index is 14.2. The lowest BCUT2D eigenvalue weighted by atomic mass is 9.74. The maximum Gasteiger partial charge on any atom is 0.254 e. The molecule has 0 spiro atoms. The highest BCUT2D eigenvalue weighted by Gasteiger charge is 2.40. The van der Waals surface area contributed by atoms with E-state index >= 15 is 0 Å². The number of halogens is 1. The molecule has 32 heavy (non-hydrogen) atoms. The van der Waals surface area contributed by atoms with Crippen LogP contribution in [0.2, 0.25) is 0 Å². The molecule has 166 valence electrons. The van der Waals surface area contributed by atoms with Gasteiger partial charge in [-0.25, -0.2) is 4.39 Å². The van der Waals surface area contributed by atoms with Crippen molar-refractivity contribution in [2.45, 2.75) is 32.1 Å². The van der Waals surface area contributed by atoms with Crippen LogP contribution in [0.25, 0.3) is 0 Å². The van der Waals surface area contributed by atoms with Crippen molar-refractivity contribution in [3.8, 4) is 11.5 Å². The molecule has 2 aromatic carbocycles. The number of carbonyl (C=O) groups excluding carboxylic acids is 2. The highest BCUT2D eigenvalue weighted by atomic mass is 19.1. The van der Waals surface area contributed by atoms with Gasteiger partial charge in [0.2, 0.25) is 0 Å². The Morgan fingerprint density at radius 2 is 1.88 bits per heavy atom. The van der Waals surface area contributed by atoms with Crippen LogP contribution in [0.3, 0.4) is 0 Å². The molecule has 2 aromatic rings. The molecule has 0 fully saturated rings. The van der Waals surface area contributed by atoms with E-state index in [4.69, 9.17) is 9.47 Å². The lowest BCUT2D eigenvalue weighted by Gasteiger charge is -2.35. The monoisotopic (exact) mass is 436 g/mol. The van der Waals surface area contributed by atoms with E-state index in [-0.39, 0.29) is 11.5 Å². The van der Waals surface area contributed by atoms with Crippen LogP contribution in [-0.4, -0.2) is 25.9 Å². The summed E-state index contributed by atoms with van der Waals surface area (Å²) in [6, 6.07) is 11.4. The standard InChI is InChI=1S/C25H25FN2O4/c1-14-21(25(30)28-17-10-5-4-9-16(17)26)22(23-18(27-14)11-7-12-19(23)29)15-8-6-13-20(31-2)24(15)32-3/h4-6,8-10,13,22,27H,7,11-12H2,1-3H3,(H,28,30). The molecule has 0 saturated heterocycles. The largest absolute Gasteiger partial charge is 0.493 e. The van der Waals surface area contributed by atoms with Crippen LogP contribution in [0.15, 0.2) is 65.0 Å². The molecule has 6 nitrogen and oxygen atoms in total. The van der Waals surface area contributed by atoms with E-state index in [1.807, 2.05) is 6.07 Å². The Morgan fingerprint density at radius 3 is 2.59 bits per heavy atom. The summed E-state index contributed by atoms with van der Waals surface area (Å²) >= 11 is 0. The Balaban J connectivity index is 1.87. The number of hydrogen-bond donors (Lipinski definition) is 2. The lowest BCUT2D eigenvalue weighted by molar-refractivity contribution is -0.116. The third-order valence-electron chi connectivity index (χ3n) is 5.89. The molecule has 1 amide bonds. The van der Waals surface area contributed by atoms with Gasteiger partial charge in [-0.15, -0.1) is 0 Å². The predicted octanol–water partition coefficient (Wildman–Crippen LogP) is 4.45. The molecule has 1 aliphatic carbocycles. The summed E-state index contributed by atoms with van der Waals surface area (Å²) in [6.07, 6.45) is 1.87. The van der Waals surface area contributed by atoms with Crippen molar-refractivity contribution in [3.63, 3.8) is 0 Å². The van der Waals surface area contributed by atoms with Crippen LogP contribution < -0.4 is 20.1 Å². The van der Waals surface area contributed by atoms with Crippen molar-refractivity contribution in [1.82, 2.24) is 5.32 Å². The number of allylic oxidation sites excluding steroid dienone is 3. The summed E-state index contributed by atoms with van der Waals surface area (Å²) < 4.78 is 25.3. The third kappa shape index (κ3) is 3.75. The van der Waals surface area contributed by atoms with Crippen molar-refractivity contribution in [2.24, 2.45) is 0 Å². The summed E-state index contributed by atoms with van der Waals surface area (Å²) in [5.41, 5.74) is 3.04. The van der Waals surface area contributed by atoms with Crippen LogP contribution in [0, 0.1) is 5.82 Å². The first-order valence-corrected chi connectivity index (χ1v) is 10.5. The van der Waals surface area contributed by atoms with E-state index in [0.29, 0.717) is 46.7 Å². The summed E-state index contributed by atoms with van der Waals surface area (Å²) in [5.74, 6) is -0.753. The number of carbonyl (C=O) groups is 2. The van der Waals surface area contributed by atoms with Crippen molar-refractivity contribution in [1.29, 1.82) is 0 Å². The van der Waals surface area contributed by atoms with Crippen molar-refractivity contribution < 1.29 is 23.5 Å². The van der Waals surface area contributed by atoms with Crippen LogP contribution in [0.4, 0.5) is 10.1 Å². The molecule has 1 aliphatic heterocycles. The minimum Gasteiger partial charge on any atom is -0.493 e. The summed E-state index contributed by atoms with van der Waals surface area (Å²) in [6.45, 7) is 1.79. The van der Waals surface area contributed by atoms with Crippen LogP contribution >= 0.6 is 0 Å². The van der Waals surface area contributed by atoms with Gasteiger partial charge in [0.15, 0.2) is 17.3 Å². The van der Waals surface area contributed by atoms with Gasteiger partial charge in [0.1, 0.15) is 5.82 Å². The first kappa shape index (κ1) is 21.6. The number of methoxy groups -OCH3 is 2. The van der Waals surface area contributed by atoms with Gasteiger partial charge in [-0.05, 0) is 38.0 Å². The fraction of sp³-hybridized carbons (Fsp3) is 0.280. The molecule has 2 aliphatic rings. The van der Waals surface area contributed by atoms with Gasteiger partial charge < -0.3 is 20.1 Å². The summed E-state index contributed by atoms with van der Waals surface area (Å²) in [4.78, 5) is 26.5. The second kappa shape index (κ2) is 8.86. The molecule has 1 heterocycles. The topological polar surface area (TPSA) is 76.7 Å². The molecule has 2 N–H and O–H groups in total. The maximum absolute atomic E-state index is 14.2. The molecule has 1 atom stereocenters. The molecule has 0 radical (unpaired) electrons. The van der Waals surface area contributed by atoms with Gasteiger partial charge in [-0.3, -0.25) is 9.59 Å². The number of amides is 1. The van der Waals surface area contributed by atoms with E-state index < -0.39 is 17.6 Å². The molecule has 0 aromatic heterocycles. The zero-order valence-corrected chi connectivity index (χ0v) is 18.3. The number of dihydropyridines is 1.